The summed E-state index contributed by atoms with van der Waals surface area (Å²) in [6.07, 6.45) is 9.18. The fourth-order valence-corrected chi connectivity index (χ4v) is 2.49. The molecule has 108 valence electrons. The fraction of sp³-hybridized carbons (Fsp3) is 0.412. The van der Waals surface area contributed by atoms with Gasteiger partial charge in [-0.2, -0.15) is 4.98 Å². The monoisotopic (exact) mass is 281 g/mol. The van der Waals surface area contributed by atoms with Gasteiger partial charge in [0.05, 0.1) is 0 Å². The minimum Gasteiger partial charge on any atom is -0.337 e. The normalized spacial score (nSPS) is 18.3. The van der Waals surface area contributed by atoms with E-state index in [-0.39, 0.29) is 0 Å². The minimum absolute atomic E-state index is 0.521. The molecule has 4 nitrogen and oxygen atoms in total. The van der Waals surface area contributed by atoms with Crippen LogP contribution < -0.4 is 4.90 Å². The third-order valence-electron chi connectivity index (χ3n) is 4.01. The molecule has 4 heteroatoms. The molecule has 2 fully saturated rings. The van der Waals surface area contributed by atoms with Gasteiger partial charge in [0.15, 0.2) is 0 Å². The number of nitrogens with zero attached hydrogens (tertiary/aromatic N) is 3. The van der Waals surface area contributed by atoms with Crippen LogP contribution in [-0.2, 0) is 0 Å². The largest absolute Gasteiger partial charge is 0.337 e. The maximum Gasteiger partial charge on any atom is 0.266 e. The number of anilines is 1. The van der Waals surface area contributed by atoms with Gasteiger partial charge >= 0.3 is 0 Å². The van der Waals surface area contributed by atoms with E-state index in [4.69, 9.17) is 4.52 Å². The highest BCUT2D eigenvalue weighted by molar-refractivity contribution is 5.50. The quantitative estimate of drug-likeness (QED) is 0.811. The van der Waals surface area contributed by atoms with E-state index in [1.165, 1.54) is 31.2 Å². The zero-order valence-corrected chi connectivity index (χ0v) is 12.0. The second-order valence-corrected chi connectivity index (χ2v) is 5.90. The zero-order chi connectivity index (χ0) is 14.1. The van der Waals surface area contributed by atoms with Crippen LogP contribution in [-0.4, -0.2) is 22.7 Å². The van der Waals surface area contributed by atoms with Crippen molar-refractivity contribution in [3.63, 3.8) is 0 Å². The topological polar surface area (TPSA) is 42.2 Å². The van der Waals surface area contributed by atoms with Gasteiger partial charge in [0, 0.05) is 18.5 Å². The molecular weight excluding hydrogens is 262 g/mol. The van der Waals surface area contributed by atoms with Crippen LogP contribution in [0.25, 0.3) is 6.08 Å². The minimum atomic E-state index is 0.521. The van der Waals surface area contributed by atoms with Crippen molar-refractivity contribution >= 4 is 12.0 Å². The molecule has 0 N–H and O–H groups in total. The molecular formula is C17H19N3O. The standard InChI is InChI=1S/C17H19N3O/c1-2-5-13(6-3-1)7-4-12-20(15-10-11-15)17-18-16(21-19-17)14-8-9-14/h1-7,14-15H,8-12H2. The lowest BCUT2D eigenvalue weighted by Crippen LogP contribution is -2.26. The van der Waals surface area contributed by atoms with Crippen molar-refractivity contribution in [3.05, 3.63) is 47.9 Å². The Morgan fingerprint density at radius 1 is 1.14 bits per heavy atom. The summed E-state index contributed by atoms with van der Waals surface area (Å²) in [5.74, 6) is 2.10. The van der Waals surface area contributed by atoms with Crippen LogP contribution in [0.4, 0.5) is 5.95 Å². The maximum atomic E-state index is 5.39. The van der Waals surface area contributed by atoms with Gasteiger partial charge in [-0.25, -0.2) is 0 Å². The van der Waals surface area contributed by atoms with E-state index >= 15 is 0 Å². The van der Waals surface area contributed by atoms with Crippen molar-refractivity contribution in [2.75, 3.05) is 11.4 Å². The first-order chi connectivity index (χ1) is 10.4. The van der Waals surface area contributed by atoms with E-state index in [1.54, 1.807) is 0 Å². The van der Waals surface area contributed by atoms with Gasteiger partial charge in [-0.1, -0.05) is 42.5 Å². The van der Waals surface area contributed by atoms with Crippen LogP contribution in [0.2, 0.25) is 0 Å². The zero-order valence-electron chi connectivity index (χ0n) is 12.0. The molecule has 0 aliphatic heterocycles. The Labute approximate surface area is 124 Å². The summed E-state index contributed by atoms with van der Waals surface area (Å²) in [4.78, 5) is 6.83. The van der Waals surface area contributed by atoms with Crippen LogP contribution in [0, 0.1) is 0 Å². The first-order valence-electron chi connectivity index (χ1n) is 7.72. The van der Waals surface area contributed by atoms with E-state index in [1.807, 2.05) is 6.07 Å². The average molecular weight is 281 g/mol. The molecule has 1 aromatic heterocycles. The summed E-state index contributed by atoms with van der Waals surface area (Å²) in [7, 11) is 0. The van der Waals surface area contributed by atoms with Gasteiger partial charge in [-0.05, 0) is 36.4 Å². The third kappa shape index (κ3) is 2.99. The second kappa shape index (κ2) is 5.35. The lowest BCUT2D eigenvalue weighted by Gasteiger charge is -2.17. The van der Waals surface area contributed by atoms with E-state index in [0.717, 1.165) is 18.4 Å². The van der Waals surface area contributed by atoms with Crippen molar-refractivity contribution in [2.45, 2.75) is 37.6 Å². The Morgan fingerprint density at radius 3 is 2.67 bits per heavy atom. The highest BCUT2D eigenvalue weighted by atomic mass is 16.5. The number of rotatable bonds is 6. The van der Waals surface area contributed by atoms with Crippen molar-refractivity contribution in [3.8, 4) is 0 Å². The van der Waals surface area contributed by atoms with Crippen LogP contribution in [0.5, 0.6) is 0 Å². The predicted molar refractivity (Wildman–Crippen MR) is 82.1 cm³/mol. The third-order valence-corrected chi connectivity index (χ3v) is 4.01. The van der Waals surface area contributed by atoms with E-state index in [0.29, 0.717) is 12.0 Å². The summed E-state index contributed by atoms with van der Waals surface area (Å²) in [5.41, 5.74) is 1.22. The van der Waals surface area contributed by atoms with E-state index < -0.39 is 0 Å². The maximum absolute atomic E-state index is 5.39. The Kier molecular flexibility index (Phi) is 3.22. The van der Waals surface area contributed by atoms with Crippen LogP contribution >= 0.6 is 0 Å². The van der Waals surface area contributed by atoms with Crippen LogP contribution in [0.3, 0.4) is 0 Å². The van der Waals surface area contributed by atoms with Crippen molar-refractivity contribution < 1.29 is 4.52 Å². The Bertz CT molecular complexity index is 626. The molecule has 1 aromatic carbocycles. The van der Waals surface area contributed by atoms with Crippen molar-refractivity contribution in [1.29, 1.82) is 0 Å². The highest BCUT2D eigenvalue weighted by Crippen LogP contribution is 2.40. The average Bonchev–Trinajstić information content (AvgIpc) is 3.44. The number of benzene rings is 1. The first kappa shape index (κ1) is 12.6. The summed E-state index contributed by atoms with van der Waals surface area (Å²) >= 11 is 0. The molecule has 0 atom stereocenters. The number of hydrogen-bond acceptors (Lipinski definition) is 4. The molecule has 2 aliphatic rings. The molecule has 21 heavy (non-hydrogen) atoms. The lowest BCUT2D eigenvalue weighted by atomic mass is 10.2. The molecule has 0 amide bonds. The molecule has 2 saturated carbocycles. The Hall–Kier alpha value is -2.10. The molecule has 1 heterocycles. The second-order valence-electron chi connectivity index (χ2n) is 5.90. The van der Waals surface area contributed by atoms with E-state index in [9.17, 15) is 0 Å². The molecule has 0 unspecified atom stereocenters. The van der Waals surface area contributed by atoms with Crippen molar-refractivity contribution in [1.82, 2.24) is 10.1 Å². The molecule has 0 bridgehead atoms. The molecule has 0 saturated heterocycles. The van der Waals surface area contributed by atoms with Gasteiger partial charge in [0.25, 0.3) is 5.95 Å². The van der Waals surface area contributed by atoms with Gasteiger partial charge < -0.3 is 9.42 Å². The molecule has 2 aliphatic carbocycles. The molecule has 4 rings (SSSR count). The van der Waals surface area contributed by atoms with E-state index in [2.05, 4.69) is 51.5 Å². The van der Waals surface area contributed by atoms with Gasteiger partial charge in [0.2, 0.25) is 5.89 Å². The van der Waals surface area contributed by atoms with Crippen LogP contribution in [0.15, 0.2) is 40.9 Å². The van der Waals surface area contributed by atoms with Crippen LogP contribution in [0.1, 0.15) is 43.1 Å². The Balaban J connectivity index is 1.45. The lowest BCUT2D eigenvalue weighted by molar-refractivity contribution is 0.378. The molecule has 0 spiro atoms. The molecule has 2 aromatic rings. The Morgan fingerprint density at radius 2 is 1.95 bits per heavy atom. The summed E-state index contributed by atoms with van der Waals surface area (Å²) in [5, 5.41) is 4.17. The highest BCUT2D eigenvalue weighted by Gasteiger charge is 2.34. The number of hydrogen-bond donors (Lipinski definition) is 0. The smallest absolute Gasteiger partial charge is 0.266 e. The van der Waals surface area contributed by atoms with Gasteiger partial charge in [-0.3, -0.25) is 0 Å². The fourth-order valence-electron chi connectivity index (χ4n) is 2.49. The van der Waals surface area contributed by atoms with Gasteiger partial charge in [0.1, 0.15) is 0 Å². The summed E-state index contributed by atoms with van der Waals surface area (Å²) in [6, 6.07) is 10.9. The predicted octanol–water partition coefficient (Wildman–Crippen LogP) is 3.63. The SMILES string of the molecule is C(=Cc1ccccc1)CN(c1noc(C2CC2)n1)C1CC1. The van der Waals surface area contributed by atoms with Crippen molar-refractivity contribution in [2.24, 2.45) is 0 Å². The van der Waals surface area contributed by atoms with Gasteiger partial charge in [-0.15, -0.1) is 0 Å². The summed E-state index contributed by atoms with van der Waals surface area (Å²) in [6.45, 7) is 0.837. The number of aromatic nitrogens is 2. The first-order valence-corrected chi connectivity index (χ1v) is 7.72. The summed E-state index contributed by atoms with van der Waals surface area (Å²) < 4.78 is 5.39. The molecule has 0 radical (unpaired) electrons.